The van der Waals surface area contributed by atoms with Gasteiger partial charge in [-0.15, -0.1) is 0 Å². The van der Waals surface area contributed by atoms with Crippen LogP contribution in [0, 0.1) is 12.7 Å². The number of aliphatic hydroxyl groups excluding tert-OH is 1. The molecule has 1 aromatic carbocycles. The smallest absolute Gasteiger partial charge is 0.131 e. The SMILES string of the molecule is Cc1cc2c(c(CO)c1F)CCCC2. The van der Waals surface area contributed by atoms with Gasteiger partial charge >= 0.3 is 0 Å². The first-order chi connectivity index (χ1) is 6.74. The average molecular weight is 194 g/mol. The van der Waals surface area contributed by atoms with Crippen LogP contribution in [0.3, 0.4) is 0 Å². The lowest BCUT2D eigenvalue weighted by molar-refractivity contribution is 0.273. The highest BCUT2D eigenvalue weighted by molar-refractivity contribution is 5.41. The molecular weight excluding hydrogens is 179 g/mol. The molecule has 0 atom stereocenters. The summed E-state index contributed by atoms with van der Waals surface area (Å²) in [6, 6.07) is 1.93. The van der Waals surface area contributed by atoms with Gasteiger partial charge in [0.1, 0.15) is 5.82 Å². The fraction of sp³-hybridized carbons (Fsp3) is 0.500. The Bertz CT molecular complexity index is 358. The van der Waals surface area contributed by atoms with Crippen molar-refractivity contribution >= 4 is 0 Å². The second-order valence-electron chi connectivity index (χ2n) is 3.99. The van der Waals surface area contributed by atoms with Crippen molar-refractivity contribution < 1.29 is 9.50 Å². The zero-order valence-electron chi connectivity index (χ0n) is 8.44. The van der Waals surface area contributed by atoms with Gasteiger partial charge in [0.15, 0.2) is 0 Å². The molecule has 0 saturated heterocycles. The molecule has 0 amide bonds. The molecule has 0 unspecified atom stereocenters. The Kier molecular flexibility index (Phi) is 2.55. The molecule has 1 N–H and O–H groups in total. The molecule has 1 aliphatic rings. The van der Waals surface area contributed by atoms with E-state index in [1.807, 2.05) is 6.07 Å². The molecular formula is C12H15FO. The number of aryl methyl sites for hydroxylation is 2. The van der Waals surface area contributed by atoms with Crippen LogP contribution in [0.5, 0.6) is 0 Å². The van der Waals surface area contributed by atoms with Crippen molar-refractivity contribution in [2.75, 3.05) is 0 Å². The summed E-state index contributed by atoms with van der Waals surface area (Å²) in [4.78, 5) is 0. The van der Waals surface area contributed by atoms with Crippen LogP contribution in [-0.2, 0) is 19.4 Å². The van der Waals surface area contributed by atoms with E-state index in [9.17, 15) is 4.39 Å². The monoisotopic (exact) mass is 194 g/mol. The van der Waals surface area contributed by atoms with Gasteiger partial charge in [-0.25, -0.2) is 4.39 Å². The summed E-state index contributed by atoms with van der Waals surface area (Å²) in [5, 5.41) is 9.16. The quantitative estimate of drug-likeness (QED) is 0.728. The number of rotatable bonds is 1. The van der Waals surface area contributed by atoms with Gasteiger partial charge in [0.2, 0.25) is 0 Å². The van der Waals surface area contributed by atoms with Gasteiger partial charge in [0, 0.05) is 5.56 Å². The van der Waals surface area contributed by atoms with E-state index in [4.69, 9.17) is 5.11 Å². The minimum absolute atomic E-state index is 0.171. The molecule has 2 heteroatoms. The number of fused-ring (bicyclic) bond motifs is 1. The highest BCUT2D eigenvalue weighted by Gasteiger charge is 2.17. The van der Waals surface area contributed by atoms with Crippen LogP contribution in [0.1, 0.15) is 35.1 Å². The van der Waals surface area contributed by atoms with E-state index in [0.717, 1.165) is 24.8 Å². The van der Waals surface area contributed by atoms with Gasteiger partial charge in [-0.05, 0) is 49.3 Å². The molecule has 1 aliphatic carbocycles. The fourth-order valence-electron chi connectivity index (χ4n) is 2.29. The lowest BCUT2D eigenvalue weighted by Crippen LogP contribution is -2.10. The molecule has 0 aliphatic heterocycles. The van der Waals surface area contributed by atoms with Gasteiger partial charge in [-0.1, -0.05) is 6.07 Å². The van der Waals surface area contributed by atoms with Crippen LogP contribution < -0.4 is 0 Å². The van der Waals surface area contributed by atoms with E-state index in [0.29, 0.717) is 11.1 Å². The molecule has 0 aromatic heterocycles. The topological polar surface area (TPSA) is 20.2 Å². The molecule has 76 valence electrons. The van der Waals surface area contributed by atoms with Crippen molar-refractivity contribution in [2.24, 2.45) is 0 Å². The Hall–Kier alpha value is -0.890. The number of hydrogen-bond donors (Lipinski definition) is 1. The summed E-state index contributed by atoms with van der Waals surface area (Å²) in [5.74, 6) is -0.215. The van der Waals surface area contributed by atoms with Crippen LogP contribution in [0.15, 0.2) is 6.07 Å². The molecule has 2 rings (SSSR count). The maximum absolute atomic E-state index is 13.6. The van der Waals surface area contributed by atoms with E-state index >= 15 is 0 Å². The van der Waals surface area contributed by atoms with Crippen molar-refractivity contribution in [3.05, 3.63) is 34.1 Å². The predicted molar refractivity (Wildman–Crippen MR) is 53.7 cm³/mol. The third kappa shape index (κ3) is 1.44. The molecule has 0 heterocycles. The second-order valence-corrected chi connectivity index (χ2v) is 3.99. The second kappa shape index (κ2) is 3.70. The average Bonchev–Trinajstić information content (AvgIpc) is 2.20. The predicted octanol–water partition coefficient (Wildman–Crippen LogP) is 2.51. The minimum Gasteiger partial charge on any atom is -0.392 e. The first kappa shape index (κ1) is 9.66. The lowest BCUT2D eigenvalue weighted by atomic mass is 9.86. The molecule has 1 aromatic rings. The normalized spacial score (nSPS) is 15.4. The zero-order chi connectivity index (χ0) is 10.1. The highest BCUT2D eigenvalue weighted by Crippen LogP contribution is 2.28. The molecule has 0 fully saturated rings. The van der Waals surface area contributed by atoms with Crippen LogP contribution >= 0.6 is 0 Å². The summed E-state index contributed by atoms with van der Waals surface area (Å²) in [5.41, 5.74) is 3.48. The van der Waals surface area contributed by atoms with E-state index < -0.39 is 0 Å². The molecule has 1 nitrogen and oxygen atoms in total. The number of halogens is 1. The van der Waals surface area contributed by atoms with Crippen LogP contribution in [0.4, 0.5) is 4.39 Å². The number of hydrogen-bond acceptors (Lipinski definition) is 1. The highest BCUT2D eigenvalue weighted by atomic mass is 19.1. The molecule has 0 radical (unpaired) electrons. The first-order valence-corrected chi connectivity index (χ1v) is 5.14. The Balaban J connectivity index is 2.60. The molecule has 0 bridgehead atoms. The van der Waals surface area contributed by atoms with E-state index in [-0.39, 0.29) is 12.4 Å². The molecule has 0 spiro atoms. The van der Waals surface area contributed by atoms with E-state index in [2.05, 4.69) is 0 Å². The van der Waals surface area contributed by atoms with Crippen molar-refractivity contribution in [1.29, 1.82) is 0 Å². The Morgan fingerprint density at radius 1 is 1.36 bits per heavy atom. The first-order valence-electron chi connectivity index (χ1n) is 5.14. The summed E-state index contributed by atoms with van der Waals surface area (Å²) >= 11 is 0. The van der Waals surface area contributed by atoms with Gasteiger partial charge in [0.25, 0.3) is 0 Å². The largest absolute Gasteiger partial charge is 0.392 e. The Morgan fingerprint density at radius 2 is 2.07 bits per heavy atom. The van der Waals surface area contributed by atoms with Crippen molar-refractivity contribution in [2.45, 2.75) is 39.2 Å². The van der Waals surface area contributed by atoms with Crippen molar-refractivity contribution in [3.63, 3.8) is 0 Å². The van der Waals surface area contributed by atoms with Gasteiger partial charge in [0.05, 0.1) is 6.61 Å². The standard InChI is InChI=1S/C12H15FO/c1-8-6-9-4-2-3-5-10(9)11(7-14)12(8)13/h6,14H,2-5,7H2,1H3. The summed E-state index contributed by atoms with van der Waals surface area (Å²) in [6.07, 6.45) is 4.25. The van der Waals surface area contributed by atoms with Crippen LogP contribution in [0.25, 0.3) is 0 Å². The van der Waals surface area contributed by atoms with Gasteiger partial charge in [-0.2, -0.15) is 0 Å². The van der Waals surface area contributed by atoms with Crippen LogP contribution in [-0.4, -0.2) is 5.11 Å². The fourth-order valence-corrected chi connectivity index (χ4v) is 2.29. The van der Waals surface area contributed by atoms with Gasteiger partial charge < -0.3 is 5.11 Å². The lowest BCUT2D eigenvalue weighted by Gasteiger charge is -2.20. The maximum Gasteiger partial charge on any atom is 0.131 e. The molecule has 14 heavy (non-hydrogen) atoms. The minimum atomic E-state index is -0.215. The Morgan fingerprint density at radius 3 is 2.79 bits per heavy atom. The third-order valence-electron chi connectivity index (χ3n) is 3.03. The number of aliphatic hydroxyl groups is 1. The zero-order valence-corrected chi connectivity index (χ0v) is 8.44. The van der Waals surface area contributed by atoms with Gasteiger partial charge in [-0.3, -0.25) is 0 Å². The van der Waals surface area contributed by atoms with E-state index in [1.165, 1.54) is 12.0 Å². The third-order valence-corrected chi connectivity index (χ3v) is 3.03. The Labute approximate surface area is 83.6 Å². The van der Waals surface area contributed by atoms with Crippen LogP contribution in [0.2, 0.25) is 0 Å². The molecule has 0 saturated carbocycles. The summed E-state index contributed by atoms with van der Waals surface area (Å²) in [6.45, 7) is 1.60. The number of benzene rings is 1. The van der Waals surface area contributed by atoms with E-state index in [1.54, 1.807) is 6.92 Å². The maximum atomic E-state index is 13.6. The summed E-state index contributed by atoms with van der Waals surface area (Å²) < 4.78 is 13.6. The summed E-state index contributed by atoms with van der Waals surface area (Å²) in [7, 11) is 0. The van der Waals surface area contributed by atoms with Crippen molar-refractivity contribution in [1.82, 2.24) is 0 Å². The van der Waals surface area contributed by atoms with Crippen molar-refractivity contribution in [3.8, 4) is 0 Å².